The Labute approximate surface area is 332 Å². The topological polar surface area (TPSA) is 91.5 Å². The van der Waals surface area contributed by atoms with Crippen LogP contribution in [-0.4, -0.2) is 32.5 Å². The average Bonchev–Trinajstić information content (AvgIpc) is 3.94. The predicted octanol–water partition coefficient (Wildman–Crippen LogP) is 12.4. The van der Waals surface area contributed by atoms with E-state index in [0.717, 1.165) is 62.9 Å². The number of aromatic nitrogens is 4. The van der Waals surface area contributed by atoms with Crippen molar-refractivity contribution in [2.24, 2.45) is 0 Å². The maximum absolute atomic E-state index is 13.1. The molecule has 3 aromatic heterocycles. The number of aromatic amines is 2. The van der Waals surface area contributed by atoms with Crippen molar-refractivity contribution in [3.63, 3.8) is 0 Å². The molecule has 2 aromatic carbocycles. The largest absolute Gasteiger partial charge is 0.354 e. The van der Waals surface area contributed by atoms with Crippen LogP contribution in [0.1, 0.15) is 149 Å². The molecule has 56 heavy (non-hydrogen) atoms. The Morgan fingerprint density at radius 2 is 0.857 bits per heavy atom. The summed E-state index contributed by atoms with van der Waals surface area (Å²) in [6.45, 7) is 26.8. The zero-order valence-electron chi connectivity index (χ0n) is 35.2. The first-order valence-electron chi connectivity index (χ1n) is 19.8. The molecule has 2 aliphatic heterocycles. The number of rotatable bonds is 4. The van der Waals surface area contributed by atoms with Crippen LogP contribution in [0.5, 0.6) is 0 Å². The van der Waals surface area contributed by atoms with Crippen LogP contribution in [0.4, 0.5) is 0 Å². The van der Waals surface area contributed by atoms with Gasteiger partial charge >= 0.3 is 0 Å². The van der Waals surface area contributed by atoms with Gasteiger partial charge < -0.3 is 9.97 Å². The molecule has 0 amide bonds. The SMILES string of the molecule is CC(C)(C)c1cc(-c2c3nc(c(C=O)c4ccc([nH]4)c(-c4cc(C(C)(C)C)cc(C(C)(C)C)c4)c4nc(c(C=O)c5ccc2[nH]5)CC4)C=C3)cc(C(C)(C)C)c1. The smallest absolute Gasteiger partial charge is 0.154 e. The van der Waals surface area contributed by atoms with E-state index in [1.165, 1.54) is 22.3 Å². The fraction of sp³-hybridized carbons (Fsp3) is 0.360. The molecule has 6 nitrogen and oxygen atoms in total. The van der Waals surface area contributed by atoms with Gasteiger partial charge in [-0.2, -0.15) is 0 Å². The zero-order valence-corrected chi connectivity index (χ0v) is 35.2. The molecular formula is C50H56N4O2. The minimum Gasteiger partial charge on any atom is -0.354 e. The first-order valence-corrected chi connectivity index (χ1v) is 19.8. The van der Waals surface area contributed by atoms with E-state index in [0.29, 0.717) is 40.7 Å². The number of fused-ring (bicyclic) bond motifs is 8. The molecule has 8 bridgehead atoms. The van der Waals surface area contributed by atoms with Crippen molar-refractivity contribution in [1.29, 1.82) is 0 Å². The molecule has 0 aliphatic carbocycles. The van der Waals surface area contributed by atoms with Crippen molar-refractivity contribution in [2.45, 2.75) is 118 Å². The molecule has 5 heterocycles. The van der Waals surface area contributed by atoms with E-state index in [1.54, 1.807) is 0 Å². The highest BCUT2D eigenvalue weighted by Gasteiger charge is 2.26. The van der Waals surface area contributed by atoms with Crippen molar-refractivity contribution in [3.8, 4) is 22.3 Å². The van der Waals surface area contributed by atoms with E-state index in [9.17, 15) is 9.59 Å². The third-order valence-corrected chi connectivity index (χ3v) is 11.3. The number of carbonyl (C=O) groups is 2. The van der Waals surface area contributed by atoms with E-state index in [2.05, 4.69) is 129 Å². The molecule has 5 aromatic rings. The van der Waals surface area contributed by atoms with Crippen LogP contribution in [0.15, 0.2) is 60.7 Å². The molecule has 0 fully saturated rings. The van der Waals surface area contributed by atoms with E-state index in [1.807, 2.05) is 36.4 Å². The number of hydrogen-bond acceptors (Lipinski definition) is 4. The summed E-state index contributed by atoms with van der Waals surface area (Å²) >= 11 is 0. The number of benzene rings is 2. The number of hydrogen-bond donors (Lipinski definition) is 2. The summed E-state index contributed by atoms with van der Waals surface area (Å²) in [5, 5.41) is 0. The second-order valence-electron chi connectivity index (χ2n) is 19.7. The third kappa shape index (κ3) is 7.34. The molecule has 0 atom stereocenters. The Morgan fingerprint density at radius 3 is 1.32 bits per heavy atom. The molecule has 2 aliphatic rings. The highest BCUT2D eigenvalue weighted by atomic mass is 16.1. The van der Waals surface area contributed by atoms with Crippen molar-refractivity contribution >= 4 is 46.8 Å². The number of nitrogens with one attached hydrogen (secondary N) is 2. The van der Waals surface area contributed by atoms with Gasteiger partial charge in [0.2, 0.25) is 0 Å². The lowest BCUT2D eigenvalue weighted by molar-refractivity contribution is 0.111. The van der Waals surface area contributed by atoms with Gasteiger partial charge in [-0.15, -0.1) is 0 Å². The first-order chi connectivity index (χ1) is 26.1. The van der Waals surface area contributed by atoms with Crippen LogP contribution in [0.2, 0.25) is 0 Å². The van der Waals surface area contributed by atoms with Crippen LogP contribution in [0.25, 0.3) is 56.5 Å². The van der Waals surface area contributed by atoms with Crippen LogP contribution >= 0.6 is 0 Å². The van der Waals surface area contributed by atoms with Crippen LogP contribution in [-0.2, 0) is 34.5 Å². The van der Waals surface area contributed by atoms with Gasteiger partial charge in [-0.05, 0) is 104 Å². The maximum atomic E-state index is 13.1. The lowest BCUT2D eigenvalue weighted by Crippen LogP contribution is -2.16. The Balaban J connectivity index is 1.63. The molecule has 288 valence electrons. The van der Waals surface area contributed by atoms with Crippen LogP contribution in [0, 0.1) is 0 Å². The van der Waals surface area contributed by atoms with Gasteiger partial charge in [0.1, 0.15) is 0 Å². The summed E-state index contributed by atoms with van der Waals surface area (Å²) in [6, 6.07) is 21.7. The summed E-state index contributed by atoms with van der Waals surface area (Å²) < 4.78 is 0. The predicted molar refractivity (Wildman–Crippen MR) is 234 cm³/mol. The van der Waals surface area contributed by atoms with E-state index in [4.69, 9.17) is 9.97 Å². The van der Waals surface area contributed by atoms with Crippen molar-refractivity contribution in [3.05, 3.63) is 117 Å². The molecule has 7 rings (SSSR count). The molecule has 0 saturated carbocycles. The van der Waals surface area contributed by atoms with Crippen molar-refractivity contribution in [1.82, 2.24) is 19.9 Å². The number of aryl methyl sites for hydroxylation is 2. The zero-order chi connectivity index (χ0) is 40.5. The number of carbonyl (C=O) groups excluding carboxylic acids is 2. The Kier molecular flexibility index (Phi) is 9.50. The highest BCUT2D eigenvalue weighted by Crippen LogP contribution is 2.40. The summed E-state index contributed by atoms with van der Waals surface area (Å²) in [4.78, 5) is 43.8. The average molecular weight is 745 g/mol. The molecule has 0 unspecified atom stereocenters. The second-order valence-corrected chi connectivity index (χ2v) is 19.7. The lowest BCUT2D eigenvalue weighted by atomic mass is 9.78. The van der Waals surface area contributed by atoms with Gasteiger partial charge in [-0.1, -0.05) is 119 Å². The van der Waals surface area contributed by atoms with Gasteiger partial charge in [-0.25, -0.2) is 4.98 Å². The van der Waals surface area contributed by atoms with Gasteiger partial charge in [0, 0.05) is 22.2 Å². The van der Waals surface area contributed by atoms with E-state index in [-0.39, 0.29) is 21.7 Å². The fourth-order valence-corrected chi connectivity index (χ4v) is 7.68. The molecule has 0 saturated heterocycles. The third-order valence-electron chi connectivity index (χ3n) is 11.3. The van der Waals surface area contributed by atoms with Crippen LogP contribution < -0.4 is 0 Å². The summed E-state index contributed by atoms with van der Waals surface area (Å²) in [5.74, 6) is 0. The molecule has 0 spiro atoms. The molecule has 6 heteroatoms. The Bertz CT molecular complexity index is 2540. The maximum Gasteiger partial charge on any atom is 0.154 e. The van der Waals surface area contributed by atoms with Gasteiger partial charge in [0.15, 0.2) is 12.6 Å². The minimum atomic E-state index is -0.101. The summed E-state index contributed by atoms with van der Waals surface area (Å²) in [6.07, 6.45) is 7.05. The summed E-state index contributed by atoms with van der Waals surface area (Å²) in [7, 11) is 0. The van der Waals surface area contributed by atoms with Crippen molar-refractivity contribution < 1.29 is 9.59 Å². The van der Waals surface area contributed by atoms with Crippen molar-refractivity contribution in [2.75, 3.05) is 0 Å². The molecule has 2 N–H and O–H groups in total. The van der Waals surface area contributed by atoms with Gasteiger partial charge in [-0.3, -0.25) is 14.6 Å². The number of H-pyrrole nitrogens is 2. The van der Waals surface area contributed by atoms with Gasteiger partial charge in [0.05, 0.1) is 44.9 Å². The minimum absolute atomic E-state index is 0.0911. The quantitative estimate of drug-likeness (QED) is 0.176. The highest BCUT2D eigenvalue weighted by molar-refractivity contribution is 5.98. The monoisotopic (exact) mass is 744 g/mol. The Hall–Kier alpha value is -5.36. The normalized spacial score (nSPS) is 13.6. The van der Waals surface area contributed by atoms with Crippen LogP contribution in [0.3, 0.4) is 0 Å². The Morgan fingerprint density at radius 1 is 0.464 bits per heavy atom. The standard InChI is InChI=1S/C50H56N4O2/c1-47(2,3)31-21-29(22-32(25-31)48(4,5)6)45-41-17-13-37(51-41)35(27-55)39-15-19-43(53-39)46(30-23-33(49(7,8)9)26-34(24-30)50(10,11)12)44-20-16-40(54-44)36(28-56)38-14-18-42(45)52-38/h13-15,17-19,21-28,52-53H,16,20H2,1-12H3. The second kappa shape index (κ2) is 13.7. The van der Waals surface area contributed by atoms with Gasteiger partial charge in [0.25, 0.3) is 0 Å². The molecule has 0 radical (unpaired) electrons. The first kappa shape index (κ1) is 38.9. The number of nitrogens with zero attached hydrogens (tertiary/aromatic N) is 2. The lowest BCUT2D eigenvalue weighted by Gasteiger charge is -2.26. The molecular weight excluding hydrogens is 689 g/mol. The van der Waals surface area contributed by atoms with E-state index >= 15 is 0 Å². The number of aldehydes is 2. The summed E-state index contributed by atoms with van der Waals surface area (Å²) in [5.41, 5.74) is 15.6. The fourth-order valence-electron chi connectivity index (χ4n) is 7.68. The van der Waals surface area contributed by atoms with E-state index < -0.39 is 0 Å².